The van der Waals surface area contributed by atoms with Crippen molar-refractivity contribution < 1.29 is 19.1 Å². The molecule has 1 atom stereocenters. The SMILES string of the molecule is COc1ccc(NC(=O)CC2SC(=Nc3c(C)cccc3C)N(C3CC3)C2=O)cc1OC. The Bertz CT molecular complexity index is 1060. The largest absolute Gasteiger partial charge is 0.493 e. The highest BCUT2D eigenvalue weighted by Crippen LogP contribution is 2.40. The Morgan fingerprint density at radius 1 is 1.12 bits per heavy atom. The van der Waals surface area contributed by atoms with E-state index < -0.39 is 5.25 Å². The molecule has 0 bridgehead atoms. The summed E-state index contributed by atoms with van der Waals surface area (Å²) in [6.45, 7) is 4.03. The predicted molar refractivity (Wildman–Crippen MR) is 127 cm³/mol. The van der Waals surface area contributed by atoms with Crippen molar-refractivity contribution in [2.24, 2.45) is 4.99 Å². The van der Waals surface area contributed by atoms with Crippen LogP contribution in [0.5, 0.6) is 11.5 Å². The van der Waals surface area contributed by atoms with Crippen LogP contribution in [0.1, 0.15) is 30.4 Å². The van der Waals surface area contributed by atoms with Gasteiger partial charge in [-0.25, -0.2) is 4.99 Å². The lowest BCUT2D eigenvalue weighted by atomic mass is 10.1. The lowest BCUT2D eigenvalue weighted by molar-refractivity contribution is -0.128. The molecule has 2 aromatic rings. The number of carbonyl (C=O) groups is 2. The molecule has 4 rings (SSSR count). The Kier molecular flexibility index (Phi) is 6.41. The van der Waals surface area contributed by atoms with Gasteiger partial charge in [-0.3, -0.25) is 14.5 Å². The van der Waals surface area contributed by atoms with Crippen molar-refractivity contribution in [2.45, 2.75) is 44.4 Å². The van der Waals surface area contributed by atoms with Gasteiger partial charge in [-0.2, -0.15) is 0 Å². The van der Waals surface area contributed by atoms with E-state index in [2.05, 4.69) is 5.32 Å². The first-order valence-electron chi connectivity index (χ1n) is 10.6. The number of amidine groups is 1. The zero-order chi connectivity index (χ0) is 22.8. The Labute approximate surface area is 192 Å². The number of rotatable bonds is 7. The molecule has 0 spiro atoms. The number of benzene rings is 2. The maximum absolute atomic E-state index is 13.1. The minimum Gasteiger partial charge on any atom is -0.493 e. The quantitative estimate of drug-likeness (QED) is 0.670. The molecular weight excluding hydrogens is 426 g/mol. The van der Waals surface area contributed by atoms with Crippen LogP contribution >= 0.6 is 11.8 Å². The van der Waals surface area contributed by atoms with Gasteiger partial charge >= 0.3 is 0 Å². The lowest BCUT2D eigenvalue weighted by Gasteiger charge is -2.16. The van der Waals surface area contributed by atoms with E-state index in [0.717, 1.165) is 29.7 Å². The first-order valence-corrected chi connectivity index (χ1v) is 11.5. The molecule has 1 aliphatic carbocycles. The van der Waals surface area contributed by atoms with Crippen molar-refractivity contribution in [3.8, 4) is 11.5 Å². The molecule has 168 valence electrons. The highest BCUT2D eigenvalue weighted by atomic mass is 32.2. The summed E-state index contributed by atoms with van der Waals surface area (Å²) in [5.41, 5.74) is 3.61. The number of carbonyl (C=O) groups excluding carboxylic acids is 2. The number of aryl methyl sites for hydroxylation is 2. The van der Waals surface area contributed by atoms with Gasteiger partial charge in [0.05, 0.1) is 19.9 Å². The number of nitrogens with zero attached hydrogens (tertiary/aromatic N) is 2. The maximum Gasteiger partial charge on any atom is 0.242 e. The van der Waals surface area contributed by atoms with E-state index in [1.54, 1.807) is 37.3 Å². The van der Waals surface area contributed by atoms with E-state index in [9.17, 15) is 9.59 Å². The minimum atomic E-state index is -0.487. The summed E-state index contributed by atoms with van der Waals surface area (Å²) in [6, 6.07) is 11.4. The summed E-state index contributed by atoms with van der Waals surface area (Å²) in [7, 11) is 3.10. The fraction of sp³-hybridized carbons (Fsp3) is 0.375. The van der Waals surface area contributed by atoms with Crippen molar-refractivity contribution in [1.29, 1.82) is 0 Å². The molecule has 2 aromatic carbocycles. The second kappa shape index (κ2) is 9.24. The van der Waals surface area contributed by atoms with Gasteiger partial charge in [0.25, 0.3) is 0 Å². The molecule has 0 aromatic heterocycles. The van der Waals surface area contributed by atoms with Crippen LogP contribution in [0.2, 0.25) is 0 Å². The van der Waals surface area contributed by atoms with Crippen LogP contribution in [0, 0.1) is 13.8 Å². The summed E-state index contributed by atoms with van der Waals surface area (Å²) in [4.78, 5) is 32.5. The smallest absolute Gasteiger partial charge is 0.242 e. The lowest BCUT2D eigenvalue weighted by Crippen LogP contribution is -2.35. The Balaban J connectivity index is 1.50. The van der Waals surface area contributed by atoms with Crippen molar-refractivity contribution in [2.75, 3.05) is 19.5 Å². The van der Waals surface area contributed by atoms with Crippen molar-refractivity contribution in [1.82, 2.24) is 4.90 Å². The molecule has 1 N–H and O–H groups in total. The topological polar surface area (TPSA) is 80.2 Å². The third-order valence-corrected chi connectivity index (χ3v) is 6.72. The fourth-order valence-corrected chi connectivity index (χ4v) is 4.93. The molecule has 1 saturated heterocycles. The number of aliphatic imine (C=N–C) groups is 1. The van der Waals surface area contributed by atoms with Crippen LogP contribution in [-0.4, -0.2) is 47.4 Å². The van der Waals surface area contributed by atoms with Gasteiger partial charge in [0, 0.05) is 24.2 Å². The average molecular weight is 454 g/mol. The van der Waals surface area contributed by atoms with Crippen LogP contribution in [-0.2, 0) is 9.59 Å². The molecule has 2 fully saturated rings. The van der Waals surface area contributed by atoms with Crippen molar-refractivity contribution in [3.63, 3.8) is 0 Å². The van der Waals surface area contributed by atoms with E-state index in [0.29, 0.717) is 22.4 Å². The Hall–Kier alpha value is -3.00. The van der Waals surface area contributed by atoms with Crippen molar-refractivity contribution >= 4 is 40.1 Å². The fourth-order valence-electron chi connectivity index (χ4n) is 3.73. The van der Waals surface area contributed by atoms with Crippen LogP contribution in [0.15, 0.2) is 41.4 Å². The van der Waals surface area contributed by atoms with Gasteiger partial charge in [-0.1, -0.05) is 30.0 Å². The minimum absolute atomic E-state index is 0.0371. The maximum atomic E-state index is 13.1. The van der Waals surface area contributed by atoms with Gasteiger partial charge in [-0.05, 0) is 49.9 Å². The first-order chi connectivity index (χ1) is 15.4. The average Bonchev–Trinajstić information content (AvgIpc) is 3.56. The van der Waals surface area contributed by atoms with Crippen LogP contribution in [0.3, 0.4) is 0 Å². The van der Waals surface area contributed by atoms with Gasteiger partial charge in [0.1, 0.15) is 5.25 Å². The van der Waals surface area contributed by atoms with Gasteiger partial charge in [-0.15, -0.1) is 0 Å². The zero-order valence-corrected chi connectivity index (χ0v) is 19.5. The molecule has 7 nitrogen and oxygen atoms in total. The Morgan fingerprint density at radius 2 is 1.81 bits per heavy atom. The highest BCUT2D eigenvalue weighted by Gasteiger charge is 2.46. The molecular formula is C24H27N3O4S. The van der Waals surface area contributed by atoms with Gasteiger partial charge in [0.15, 0.2) is 16.7 Å². The van der Waals surface area contributed by atoms with E-state index in [-0.39, 0.29) is 24.3 Å². The van der Waals surface area contributed by atoms with E-state index in [4.69, 9.17) is 14.5 Å². The van der Waals surface area contributed by atoms with Crippen LogP contribution in [0.4, 0.5) is 11.4 Å². The number of thioether (sulfide) groups is 1. The predicted octanol–water partition coefficient (Wildman–Crippen LogP) is 4.44. The molecule has 32 heavy (non-hydrogen) atoms. The van der Waals surface area contributed by atoms with E-state index >= 15 is 0 Å². The molecule has 0 radical (unpaired) electrons. The summed E-state index contributed by atoms with van der Waals surface area (Å²) >= 11 is 1.38. The third kappa shape index (κ3) is 4.60. The number of nitrogens with one attached hydrogen (secondary N) is 1. The standard InChI is InChI=1S/C24H27N3O4S/c1-14-6-5-7-15(2)22(14)26-24-27(17-9-10-17)23(29)20(32-24)13-21(28)25-16-8-11-18(30-3)19(12-16)31-4/h5-8,11-12,17,20H,9-10,13H2,1-4H3,(H,25,28). The molecule has 1 unspecified atom stereocenters. The second-order valence-electron chi connectivity index (χ2n) is 8.00. The van der Waals surface area contributed by atoms with Crippen LogP contribution in [0.25, 0.3) is 0 Å². The summed E-state index contributed by atoms with van der Waals surface area (Å²) in [5, 5.41) is 3.07. The van der Waals surface area contributed by atoms with Crippen LogP contribution < -0.4 is 14.8 Å². The van der Waals surface area contributed by atoms with E-state index in [1.165, 1.54) is 11.8 Å². The van der Waals surface area contributed by atoms with Gasteiger partial charge in [0.2, 0.25) is 11.8 Å². The summed E-state index contributed by atoms with van der Waals surface area (Å²) in [6.07, 6.45) is 2.03. The van der Waals surface area contributed by atoms with Gasteiger partial charge < -0.3 is 14.8 Å². The normalized spacial score (nSPS) is 19.4. The Morgan fingerprint density at radius 3 is 2.44 bits per heavy atom. The molecule has 8 heteroatoms. The number of anilines is 1. The first kappa shape index (κ1) is 22.2. The molecule has 1 saturated carbocycles. The summed E-state index contributed by atoms with van der Waals surface area (Å²) < 4.78 is 10.5. The third-order valence-electron chi connectivity index (χ3n) is 5.56. The number of ether oxygens (including phenoxy) is 2. The summed E-state index contributed by atoms with van der Waals surface area (Å²) in [5.74, 6) is 0.844. The number of hydrogen-bond donors (Lipinski definition) is 1. The highest BCUT2D eigenvalue weighted by molar-refractivity contribution is 8.15. The number of para-hydroxylation sites is 1. The number of methoxy groups -OCH3 is 2. The second-order valence-corrected chi connectivity index (χ2v) is 9.17. The van der Waals surface area contributed by atoms with Crippen molar-refractivity contribution in [3.05, 3.63) is 47.5 Å². The number of hydrogen-bond acceptors (Lipinski definition) is 6. The number of amides is 2. The molecule has 2 amide bonds. The molecule has 1 aliphatic heterocycles. The monoisotopic (exact) mass is 453 g/mol. The molecule has 2 aliphatic rings. The molecule has 1 heterocycles. The van der Waals surface area contributed by atoms with E-state index in [1.807, 2.05) is 32.0 Å². The zero-order valence-electron chi connectivity index (χ0n) is 18.7.